The molecule has 36 heavy (non-hydrogen) atoms. The fourth-order valence-electron chi connectivity index (χ4n) is 4.83. The number of nitrogens with two attached hydrogens (primary N) is 1. The number of allylic oxidation sites excluding steroid dienone is 2. The van der Waals surface area contributed by atoms with Gasteiger partial charge < -0.3 is 15.2 Å². The molecule has 1 aromatic carbocycles. The Bertz CT molecular complexity index is 1610. The van der Waals surface area contributed by atoms with Crippen molar-refractivity contribution in [2.45, 2.75) is 45.8 Å². The van der Waals surface area contributed by atoms with E-state index in [0.717, 1.165) is 36.0 Å². The molecule has 11 heteroatoms. The Hall–Kier alpha value is -3.50. The number of anilines is 1. The molecule has 4 heterocycles. The van der Waals surface area contributed by atoms with Crippen molar-refractivity contribution in [1.82, 2.24) is 28.7 Å². The average Bonchev–Trinajstić information content (AvgIpc) is 3.24. The van der Waals surface area contributed by atoms with E-state index in [2.05, 4.69) is 14.9 Å². The predicted molar refractivity (Wildman–Crippen MR) is 142 cm³/mol. The fraction of sp³-hybridized carbons (Fsp3) is 0.400. The molecule has 1 fully saturated rings. The smallest absolute Gasteiger partial charge is 0.332 e. The monoisotopic (exact) mass is 508 g/mol. The summed E-state index contributed by atoms with van der Waals surface area (Å²) < 4.78 is 4.41. The van der Waals surface area contributed by atoms with E-state index >= 15 is 0 Å². The number of hydrogen-bond donors (Lipinski definition) is 1. The highest BCUT2D eigenvalue weighted by Gasteiger charge is 2.26. The maximum absolute atomic E-state index is 13.8. The summed E-state index contributed by atoms with van der Waals surface area (Å²) in [5.74, 6) is 1.01. The Morgan fingerprint density at radius 1 is 1.19 bits per heavy atom. The SMILES string of the molecule is C/C(Cl)=C/Cn1c(N2CCC[C@@H](N)C2)nc2c1c(=O)n(Cc1nc(C)c3ccccc3n1)c(=O)n2C. The summed E-state index contributed by atoms with van der Waals surface area (Å²) in [6.07, 6.45) is 3.69. The number of halogens is 1. The van der Waals surface area contributed by atoms with Crippen LogP contribution in [0.1, 0.15) is 31.3 Å². The quantitative estimate of drug-likeness (QED) is 0.439. The summed E-state index contributed by atoms with van der Waals surface area (Å²) in [6.45, 7) is 5.36. The zero-order chi connectivity index (χ0) is 25.6. The molecule has 4 aromatic rings. The largest absolute Gasteiger partial charge is 0.341 e. The molecular weight excluding hydrogens is 480 g/mol. The molecule has 0 saturated carbocycles. The highest BCUT2D eigenvalue weighted by atomic mass is 35.5. The molecular formula is C25H29ClN8O2. The van der Waals surface area contributed by atoms with Crippen LogP contribution in [0.3, 0.4) is 0 Å². The van der Waals surface area contributed by atoms with Gasteiger partial charge in [-0.2, -0.15) is 4.98 Å². The minimum Gasteiger partial charge on any atom is -0.341 e. The van der Waals surface area contributed by atoms with Crippen LogP contribution in [0.5, 0.6) is 0 Å². The van der Waals surface area contributed by atoms with E-state index in [9.17, 15) is 9.59 Å². The van der Waals surface area contributed by atoms with E-state index in [-0.39, 0.29) is 12.6 Å². The number of imidazole rings is 1. The summed E-state index contributed by atoms with van der Waals surface area (Å²) in [5.41, 5.74) is 7.52. The molecule has 0 spiro atoms. The zero-order valence-corrected chi connectivity index (χ0v) is 21.4. The lowest BCUT2D eigenvalue weighted by Gasteiger charge is -2.31. The number of aryl methyl sites for hydroxylation is 2. The van der Waals surface area contributed by atoms with Crippen molar-refractivity contribution in [2.75, 3.05) is 18.0 Å². The second-order valence-corrected chi connectivity index (χ2v) is 9.91. The maximum atomic E-state index is 13.8. The van der Waals surface area contributed by atoms with Crippen LogP contribution in [0.25, 0.3) is 22.1 Å². The summed E-state index contributed by atoms with van der Waals surface area (Å²) in [5, 5.41) is 1.53. The van der Waals surface area contributed by atoms with Gasteiger partial charge in [0.1, 0.15) is 5.82 Å². The zero-order valence-electron chi connectivity index (χ0n) is 20.6. The molecule has 0 unspecified atom stereocenters. The predicted octanol–water partition coefficient (Wildman–Crippen LogP) is 2.27. The minimum atomic E-state index is -0.475. The highest BCUT2D eigenvalue weighted by molar-refractivity contribution is 6.29. The van der Waals surface area contributed by atoms with Crippen LogP contribution in [-0.2, 0) is 20.1 Å². The summed E-state index contributed by atoms with van der Waals surface area (Å²) in [4.78, 5) is 43.1. The first-order valence-electron chi connectivity index (χ1n) is 12.0. The molecule has 1 atom stereocenters. The van der Waals surface area contributed by atoms with Crippen molar-refractivity contribution in [3.05, 3.63) is 67.7 Å². The van der Waals surface area contributed by atoms with Gasteiger partial charge in [0.2, 0.25) is 5.95 Å². The minimum absolute atomic E-state index is 0.0195. The van der Waals surface area contributed by atoms with Crippen molar-refractivity contribution < 1.29 is 0 Å². The molecule has 10 nitrogen and oxygen atoms in total. The molecule has 1 aliphatic heterocycles. The van der Waals surface area contributed by atoms with Gasteiger partial charge in [0.15, 0.2) is 11.2 Å². The third-order valence-corrected chi connectivity index (χ3v) is 6.80. The van der Waals surface area contributed by atoms with E-state index < -0.39 is 11.2 Å². The molecule has 0 aliphatic carbocycles. The molecule has 188 valence electrons. The van der Waals surface area contributed by atoms with Crippen LogP contribution < -0.4 is 21.9 Å². The van der Waals surface area contributed by atoms with E-state index in [1.54, 1.807) is 14.0 Å². The first-order chi connectivity index (χ1) is 17.2. The van der Waals surface area contributed by atoms with Crippen LogP contribution in [0.4, 0.5) is 5.95 Å². The van der Waals surface area contributed by atoms with Crippen LogP contribution in [0.15, 0.2) is 45.0 Å². The lowest BCUT2D eigenvalue weighted by atomic mass is 10.1. The number of nitrogens with zero attached hydrogens (tertiary/aromatic N) is 7. The van der Waals surface area contributed by atoms with Crippen LogP contribution in [0.2, 0.25) is 0 Å². The Labute approximate surface area is 212 Å². The highest BCUT2D eigenvalue weighted by Crippen LogP contribution is 2.23. The molecule has 3 aromatic heterocycles. The van der Waals surface area contributed by atoms with Gasteiger partial charge in [0, 0.05) is 48.8 Å². The van der Waals surface area contributed by atoms with Gasteiger partial charge in [0.05, 0.1) is 12.1 Å². The average molecular weight is 509 g/mol. The molecule has 2 N–H and O–H groups in total. The van der Waals surface area contributed by atoms with E-state index in [4.69, 9.17) is 22.3 Å². The summed E-state index contributed by atoms with van der Waals surface area (Å²) >= 11 is 6.14. The second-order valence-electron chi connectivity index (χ2n) is 9.31. The fourth-order valence-corrected chi connectivity index (χ4v) is 4.90. The Kier molecular flexibility index (Phi) is 6.40. The number of piperidine rings is 1. The Morgan fingerprint density at radius 3 is 2.72 bits per heavy atom. The van der Waals surface area contributed by atoms with Gasteiger partial charge in [-0.05, 0) is 32.8 Å². The van der Waals surface area contributed by atoms with Crippen molar-refractivity contribution in [2.24, 2.45) is 12.8 Å². The third-order valence-electron chi connectivity index (χ3n) is 6.65. The van der Waals surface area contributed by atoms with Crippen molar-refractivity contribution in [3.8, 4) is 0 Å². The van der Waals surface area contributed by atoms with E-state index in [0.29, 0.717) is 41.1 Å². The van der Waals surface area contributed by atoms with Crippen LogP contribution in [-0.4, -0.2) is 47.8 Å². The maximum Gasteiger partial charge on any atom is 0.332 e. The normalized spacial score (nSPS) is 16.9. The number of hydrogen-bond acceptors (Lipinski definition) is 7. The number of rotatable bonds is 5. The number of fused-ring (bicyclic) bond motifs is 2. The first-order valence-corrected chi connectivity index (χ1v) is 12.4. The molecule has 1 saturated heterocycles. The standard InChI is InChI=1S/C25H29ClN8O2/c1-15(26)10-12-33-21-22(30-24(33)32-11-6-7-17(27)13-32)31(3)25(36)34(23(21)35)14-20-28-16(2)18-8-4-5-9-19(18)29-20/h4-5,8-10,17H,6-7,11-14,27H2,1-3H3/b15-10-/t17-/m1/s1. The van der Waals surface area contributed by atoms with Gasteiger partial charge in [-0.15, -0.1) is 0 Å². The summed E-state index contributed by atoms with van der Waals surface area (Å²) in [6, 6.07) is 7.69. The lowest BCUT2D eigenvalue weighted by Crippen LogP contribution is -2.44. The van der Waals surface area contributed by atoms with Crippen LogP contribution in [0, 0.1) is 6.92 Å². The first kappa shape index (κ1) is 24.2. The topological polar surface area (TPSA) is 117 Å². The summed E-state index contributed by atoms with van der Waals surface area (Å²) in [7, 11) is 1.62. The molecule has 1 aliphatic rings. The third kappa shape index (κ3) is 4.31. The molecule has 5 rings (SSSR count). The van der Waals surface area contributed by atoms with Gasteiger partial charge in [0.25, 0.3) is 5.56 Å². The van der Waals surface area contributed by atoms with Gasteiger partial charge in [-0.3, -0.25) is 13.9 Å². The second kappa shape index (κ2) is 9.51. The number of para-hydroxylation sites is 1. The van der Waals surface area contributed by atoms with Crippen molar-refractivity contribution in [3.63, 3.8) is 0 Å². The Balaban J connectivity index is 1.69. The molecule has 0 amide bonds. The molecule has 0 radical (unpaired) electrons. The van der Waals surface area contributed by atoms with Gasteiger partial charge >= 0.3 is 5.69 Å². The Morgan fingerprint density at radius 2 is 1.97 bits per heavy atom. The lowest BCUT2D eigenvalue weighted by molar-refractivity contribution is 0.495. The van der Waals surface area contributed by atoms with Crippen LogP contribution >= 0.6 is 11.6 Å². The van der Waals surface area contributed by atoms with Gasteiger partial charge in [-0.25, -0.2) is 14.8 Å². The molecule has 0 bridgehead atoms. The number of benzene rings is 1. The van der Waals surface area contributed by atoms with Crippen molar-refractivity contribution in [1.29, 1.82) is 0 Å². The van der Waals surface area contributed by atoms with Crippen molar-refractivity contribution >= 4 is 39.6 Å². The van der Waals surface area contributed by atoms with E-state index in [1.165, 1.54) is 9.13 Å². The van der Waals surface area contributed by atoms with E-state index in [1.807, 2.05) is 41.8 Å². The van der Waals surface area contributed by atoms with Gasteiger partial charge in [-0.1, -0.05) is 35.9 Å². The number of aromatic nitrogens is 6.